The van der Waals surface area contributed by atoms with Crippen molar-refractivity contribution in [1.82, 2.24) is 0 Å². The van der Waals surface area contributed by atoms with Crippen molar-refractivity contribution in [3.8, 4) is 5.75 Å². The number of hydrogen-bond acceptors (Lipinski definition) is 1. The molecular weight excluding hydrogens is 485 g/mol. The standard InChI is InChI=1S/C6H6O.6ClH.W/c7-6-4-2-1-3-5-6;;;;;;;/h1-5,7H;6*1H;/q;;;;;;;+6/p-6. The fraction of sp³-hybridized carbons (Fsp3) is 0. The molecule has 0 radical (unpaired) electrons. The van der Waals surface area contributed by atoms with Crippen LogP contribution in [0.2, 0.25) is 0 Å². The number of aromatic hydroxyl groups is 1. The van der Waals surface area contributed by atoms with Crippen LogP contribution in [0, 0.1) is 0 Å². The predicted octanol–water partition coefficient (Wildman–Crippen LogP) is 5.53. The maximum absolute atomic E-state index is 8.63. The van der Waals surface area contributed by atoms with Crippen LogP contribution in [0.15, 0.2) is 30.3 Å². The minimum atomic E-state index is -5.47. The Morgan fingerprint density at radius 2 is 1.07 bits per heavy atom. The van der Waals surface area contributed by atoms with Crippen molar-refractivity contribution in [2.24, 2.45) is 0 Å². The summed E-state index contributed by atoms with van der Waals surface area (Å²) in [7, 11) is 24.9. The number of halogens is 6. The molecule has 1 rings (SSSR count). The van der Waals surface area contributed by atoms with E-state index in [2.05, 4.69) is 0 Å². The fourth-order valence-corrected chi connectivity index (χ4v) is 0.428. The topological polar surface area (TPSA) is 20.2 Å². The normalized spacial score (nSPS) is 15.9. The Kier molecular flexibility index (Phi) is 4.82. The number of hydrogen-bond donors (Lipinski definition) is 1. The van der Waals surface area contributed by atoms with Gasteiger partial charge in [0.25, 0.3) is 0 Å². The van der Waals surface area contributed by atoms with E-state index in [9.17, 15) is 0 Å². The van der Waals surface area contributed by atoms with Gasteiger partial charge in [0, 0.05) is 0 Å². The van der Waals surface area contributed by atoms with Crippen molar-refractivity contribution < 1.29 is 12.4 Å². The maximum atomic E-state index is 8.63. The van der Waals surface area contributed by atoms with Gasteiger partial charge in [-0.15, -0.1) is 0 Å². The van der Waals surface area contributed by atoms with Crippen molar-refractivity contribution in [2.75, 3.05) is 0 Å². The molecule has 0 saturated heterocycles. The summed E-state index contributed by atoms with van der Waals surface area (Å²) < 4.78 is 0. The average molecular weight is 491 g/mol. The summed E-state index contributed by atoms with van der Waals surface area (Å²) in [6.45, 7) is 0. The number of rotatable bonds is 0. The first-order valence-corrected chi connectivity index (χ1v) is 24.9. The molecule has 0 amide bonds. The van der Waals surface area contributed by atoms with Gasteiger partial charge in [-0.3, -0.25) is 0 Å². The summed E-state index contributed by atoms with van der Waals surface area (Å²) in [4.78, 5) is 0. The Labute approximate surface area is 104 Å². The molecule has 0 spiro atoms. The van der Waals surface area contributed by atoms with Gasteiger partial charge in [-0.1, -0.05) is 18.2 Å². The second-order valence-electron chi connectivity index (χ2n) is 2.21. The van der Waals surface area contributed by atoms with E-state index in [0.717, 1.165) is 0 Å². The van der Waals surface area contributed by atoms with E-state index >= 15 is 0 Å². The third-order valence-corrected chi connectivity index (χ3v) is 0.756. The molecule has 0 aliphatic carbocycles. The molecule has 84 valence electrons. The van der Waals surface area contributed by atoms with Crippen molar-refractivity contribution in [3.63, 3.8) is 0 Å². The van der Waals surface area contributed by atoms with Crippen LogP contribution in [-0.4, -0.2) is 5.11 Å². The predicted molar refractivity (Wildman–Crippen MR) is 63.2 cm³/mol. The fourth-order valence-electron chi connectivity index (χ4n) is 0.428. The molecule has 0 aliphatic rings. The van der Waals surface area contributed by atoms with Crippen molar-refractivity contribution in [1.29, 1.82) is 0 Å². The van der Waals surface area contributed by atoms with Crippen LogP contribution in [-0.2, 0) is 7.31 Å². The second kappa shape index (κ2) is 4.37. The van der Waals surface area contributed by atoms with Gasteiger partial charge in [0.1, 0.15) is 5.75 Å². The van der Waals surface area contributed by atoms with E-state index in [1.807, 2.05) is 6.07 Å². The second-order valence-corrected chi connectivity index (χ2v) is 65.8. The van der Waals surface area contributed by atoms with Gasteiger partial charge in [0.15, 0.2) is 0 Å². The molecule has 0 aromatic heterocycles. The number of phenols is 1. The van der Waals surface area contributed by atoms with Crippen molar-refractivity contribution in [2.45, 2.75) is 0 Å². The molecule has 14 heavy (non-hydrogen) atoms. The molecule has 8 heteroatoms. The van der Waals surface area contributed by atoms with Gasteiger partial charge in [-0.05, 0) is 12.1 Å². The van der Waals surface area contributed by atoms with Crippen molar-refractivity contribution in [3.05, 3.63) is 30.3 Å². The molecule has 0 fully saturated rings. The van der Waals surface area contributed by atoms with E-state index in [1.54, 1.807) is 24.3 Å². The first kappa shape index (κ1) is 15.4. The molecule has 0 bridgehead atoms. The molecule has 1 N–H and O–H groups in total. The van der Waals surface area contributed by atoms with Gasteiger partial charge < -0.3 is 5.11 Å². The number of phenolic OH excluding ortho intramolecular Hbond substituents is 1. The van der Waals surface area contributed by atoms with Crippen LogP contribution < -0.4 is 0 Å². The van der Waals surface area contributed by atoms with Gasteiger partial charge >= 0.3 is 63.8 Å². The summed E-state index contributed by atoms with van der Waals surface area (Å²) >= 11 is 0. The quantitative estimate of drug-likeness (QED) is 0.507. The summed E-state index contributed by atoms with van der Waals surface area (Å²) in [6, 6.07) is 8.71. The zero-order valence-electron chi connectivity index (χ0n) is 6.51. The molecule has 0 aliphatic heterocycles. The van der Waals surface area contributed by atoms with E-state index in [-0.39, 0.29) is 0 Å². The van der Waals surface area contributed by atoms with E-state index in [1.165, 1.54) is 0 Å². The van der Waals surface area contributed by atoms with E-state index < -0.39 is 7.31 Å². The Morgan fingerprint density at radius 3 is 1.21 bits per heavy atom. The first-order chi connectivity index (χ1) is 5.84. The molecule has 1 nitrogen and oxygen atoms in total. The van der Waals surface area contributed by atoms with Crippen molar-refractivity contribution >= 4 is 56.5 Å². The van der Waals surface area contributed by atoms with Gasteiger partial charge in [-0.2, -0.15) is 0 Å². The van der Waals surface area contributed by atoms with Crippen LogP contribution in [0.1, 0.15) is 0 Å². The molecular formula is C6H6Cl6OW. The Morgan fingerprint density at radius 1 is 0.786 bits per heavy atom. The molecule has 0 unspecified atom stereocenters. The Hall–Kier alpha value is 1.45. The van der Waals surface area contributed by atoms with Gasteiger partial charge in [0.2, 0.25) is 0 Å². The first-order valence-electron chi connectivity index (χ1n) is 3.06. The van der Waals surface area contributed by atoms with Crippen LogP contribution in [0.4, 0.5) is 0 Å². The van der Waals surface area contributed by atoms with Crippen LogP contribution in [0.3, 0.4) is 0 Å². The summed E-state index contributed by atoms with van der Waals surface area (Å²) in [6.07, 6.45) is 0. The molecule has 0 atom stereocenters. The summed E-state index contributed by atoms with van der Waals surface area (Å²) in [5.41, 5.74) is 0. The van der Waals surface area contributed by atoms with Gasteiger partial charge in [0.05, 0.1) is 0 Å². The third-order valence-electron chi connectivity index (χ3n) is 0.756. The summed E-state index contributed by atoms with van der Waals surface area (Å²) in [5.74, 6) is 0.322. The average Bonchev–Trinajstić information content (AvgIpc) is 1.81. The van der Waals surface area contributed by atoms with E-state index in [4.69, 9.17) is 61.6 Å². The SMILES string of the molecule is Oc1ccccc1.[Cl][W]([Cl])([Cl])([Cl])([Cl])[Cl]. The van der Waals surface area contributed by atoms with Crippen LogP contribution >= 0.6 is 56.5 Å². The molecule has 0 heterocycles. The minimum absolute atomic E-state index is 0.322. The van der Waals surface area contributed by atoms with Crippen LogP contribution in [0.25, 0.3) is 0 Å². The zero-order chi connectivity index (χ0) is 11.5. The number of benzene rings is 1. The Balaban J connectivity index is 0.000000241. The third kappa shape index (κ3) is 23.3. The van der Waals surface area contributed by atoms with Crippen LogP contribution in [0.5, 0.6) is 5.75 Å². The zero-order valence-corrected chi connectivity index (χ0v) is 14.0. The van der Waals surface area contributed by atoms with E-state index in [0.29, 0.717) is 5.75 Å². The number of para-hydroxylation sites is 1. The summed E-state index contributed by atoms with van der Waals surface area (Å²) in [5, 5.41) is 8.63. The van der Waals surface area contributed by atoms with Gasteiger partial charge in [-0.25, -0.2) is 0 Å². The Bertz CT molecular complexity index is 278. The molecule has 0 saturated carbocycles. The molecule has 1 aromatic rings. The monoisotopic (exact) mass is 488 g/mol. The molecule has 1 aromatic carbocycles.